The molecule has 2 nitrogen and oxygen atoms in total. The van der Waals surface area contributed by atoms with Crippen LogP contribution in [0.15, 0.2) is 30.3 Å². The minimum atomic E-state index is -0.491. The van der Waals surface area contributed by atoms with Crippen molar-refractivity contribution in [3.8, 4) is 5.75 Å². The topological polar surface area (TPSA) is 29.5 Å². The van der Waals surface area contributed by atoms with Gasteiger partial charge in [0.2, 0.25) is 0 Å². The van der Waals surface area contributed by atoms with Crippen LogP contribution in [0.25, 0.3) is 0 Å². The zero-order valence-electron chi connectivity index (χ0n) is 6.10. The maximum absolute atomic E-state index is 8.85. The average Bonchev–Trinajstić information content (AvgIpc) is 2.03. The smallest absolute Gasteiger partial charge is 0.119 e. The third-order valence-electron chi connectivity index (χ3n) is 1.16. The van der Waals surface area contributed by atoms with E-state index in [4.69, 9.17) is 9.84 Å². The van der Waals surface area contributed by atoms with Crippen molar-refractivity contribution < 1.29 is 9.84 Å². The Morgan fingerprint density at radius 1 is 1.36 bits per heavy atom. The van der Waals surface area contributed by atoms with Gasteiger partial charge in [-0.25, -0.2) is 0 Å². The molecule has 0 radical (unpaired) electrons. The van der Waals surface area contributed by atoms with E-state index in [-0.39, 0.29) is 0 Å². The van der Waals surface area contributed by atoms with Gasteiger partial charge in [0, 0.05) is 0 Å². The highest BCUT2D eigenvalue weighted by Gasteiger charge is 1.95. The Labute approximate surface area is 68.4 Å². The van der Waals surface area contributed by atoms with Gasteiger partial charge in [-0.15, -0.1) is 9.24 Å². The minimum Gasteiger partial charge on any atom is -0.491 e. The van der Waals surface area contributed by atoms with Gasteiger partial charge in [0.15, 0.2) is 0 Å². The van der Waals surface area contributed by atoms with Crippen LogP contribution in [0, 0.1) is 0 Å². The van der Waals surface area contributed by atoms with Crippen molar-refractivity contribution in [3.05, 3.63) is 30.3 Å². The van der Waals surface area contributed by atoms with Crippen molar-refractivity contribution in [2.45, 2.75) is 5.85 Å². The van der Waals surface area contributed by atoms with Crippen LogP contribution >= 0.6 is 9.24 Å². The number of ether oxygens (including phenoxy) is 1. The van der Waals surface area contributed by atoms with Crippen LogP contribution in [-0.2, 0) is 0 Å². The first-order valence-corrected chi connectivity index (χ1v) is 4.07. The SMILES string of the molecule is OC(P)COc1ccccc1. The van der Waals surface area contributed by atoms with Crippen LogP contribution in [-0.4, -0.2) is 17.6 Å². The number of aliphatic hydroxyl groups is 1. The van der Waals surface area contributed by atoms with E-state index in [1.54, 1.807) is 0 Å². The van der Waals surface area contributed by atoms with E-state index in [0.717, 1.165) is 5.75 Å². The lowest BCUT2D eigenvalue weighted by molar-refractivity contribution is 0.174. The molecule has 1 N–H and O–H groups in total. The number of para-hydroxylation sites is 1. The highest BCUT2D eigenvalue weighted by molar-refractivity contribution is 7.17. The molecule has 0 saturated carbocycles. The summed E-state index contributed by atoms with van der Waals surface area (Å²) in [5.74, 6) is 0.296. The molecule has 3 heteroatoms. The van der Waals surface area contributed by atoms with E-state index in [1.165, 1.54) is 0 Å². The van der Waals surface area contributed by atoms with Gasteiger partial charge in [-0.3, -0.25) is 0 Å². The number of hydrogen-bond donors (Lipinski definition) is 1. The summed E-state index contributed by atoms with van der Waals surface area (Å²) in [6.45, 7) is 0.314. The summed E-state index contributed by atoms with van der Waals surface area (Å²) in [7, 11) is 2.26. The quantitative estimate of drug-likeness (QED) is 0.692. The molecular weight excluding hydrogens is 159 g/mol. The van der Waals surface area contributed by atoms with Crippen LogP contribution < -0.4 is 4.74 Å². The molecule has 1 aromatic carbocycles. The van der Waals surface area contributed by atoms with Crippen molar-refractivity contribution in [2.24, 2.45) is 0 Å². The van der Waals surface area contributed by atoms with Crippen LogP contribution in [0.5, 0.6) is 5.75 Å². The third-order valence-corrected chi connectivity index (χ3v) is 1.36. The summed E-state index contributed by atoms with van der Waals surface area (Å²) in [6.07, 6.45) is 0. The van der Waals surface area contributed by atoms with E-state index in [0.29, 0.717) is 6.61 Å². The first-order valence-electron chi connectivity index (χ1n) is 3.40. The molecule has 0 spiro atoms. The van der Waals surface area contributed by atoms with Crippen LogP contribution in [0.4, 0.5) is 0 Å². The summed E-state index contributed by atoms with van der Waals surface area (Å²) < 4.78 is 5.20. The predicted octanol–water partition coefficient (Wildman–Crippen LogP) is 1.26. The fourth-order valence-corrected chi connectivity index (χ4v) is 0.795. The first-order chi connectivity index (χ1) is 5.29. The van der Waals surface area contributed by atoms with Crippen LogP contribution in [0.1, 0.15) is 0 Å². The van der Waals surface area contributed by atoms with Gasteiger partial charge in [0.05, 0.1) is 0 Å². The molecular formula is C8H11O2P. The molecule has 11 heavy (non-hydrogen) atoms. The molecule has 0 aliphatic heterocycles. The van der Waals surface area contributed by atoms with Gasteiger partial charge < -0.3 is 9.84 Å². The van der Waals surface area contributed by atoms with Crippen molar-refractivity contribution in [2.75, 3.05) is 6.61 Å². The Morgan fingerprint density at radius 2 is 2.00 bits per heavy atom. The monoisotopic (exact) mass is 170 g/mol. The van der Waals surface area contributed by atoms with E-state index in [2.05, 4.69) is 9.24 Å². The molecule has 0 bridgehead atoms. The average molecular weight is 170 g/mol. The summed E-state index contributed by atoms with van der Waals surface area (Å²) in [5.41, 5.74) is 0. The molecule has 0 aliphatic rings. The molecule has 0 amide bonds. The van der Waals surface area contributed by atoms with Crippen LogP contribution in [0.3, 0.4) is 0 Å². The second-order valence-electron chi connectivity index (χ2n) is 2.19. The maximum Gasteiger partial charge on any atom is 0.119 e. The van der Waals surface area contributed by atoms with E-state index in [1.807, 2.05) is 30.3 Å². The second-order valence-corrected chi connectivity index (χ2v) is 2.96. The van der Waals surface area contributed by atoms with Gasteiger partial charge in [0.1, 0.15) is 18.2 Å². The summed E-state index contributed by atoms with van der Waals surface area (Å²) in [6, 6.07) is 9.42. The van der Waals surface area contributed by atoms with Gasteiger partial charge in [0.25, 0.3) is 0 Å². The molecule has 0 aromatic heterocycles. The lowest BCUT2D eigenvalue weighted by atomic mass is 10.3. The lowest BCUT2D eigenvalue weighted by Crippen LogP contribution is -2.09. The Hall–Kier alpha value is -0.590. The fraction of sp³-hybridized carbons (Fsp3) is 0.250. The summed E-state index contributed by atoms with van der Waals surface area (Å²) >= 11 is 0. The number of aliphatic hydroxyl groups excluding tert-OH is 1. The van der Waals surface area contributed by atoms with Gasteiger partial charge in [-0.1, -0.05) is 18.2 Å². The standard InChI is InChI=1S/C8H11O2P/c9-8(11)6-10-7-4-2-1-3-5-7/h1-5,8-9H,6,11H2. The largest absolute Gasteiger partial charge is 0.491 e. The van der Waals surface area contributed by atoms with E-state index >= 15 is 0 Å². The number of hydrogen-bond acceptors (Lipinski definition) is 2. The zero-order chi connectivity index (χ0) is 8.10. The number of benzene rings is 1. The van der Waals surface area contributed by atoms with Gasteiger partial charge >= 0.3 is 0 Å². The van der Waals surface area contributed by atoms with Crippen molar-refractivity contribution in [3.63, 3.8) is 0 Å². The maximum atomic E-state index is 8.85. The van der Waals surface area contributed by atoms with Crippen molar-refractivity contribution >= 4 is 9.24 Å². The summed E-state index contributed by atoms with van der Waals surface area (Å²) in [5, 5.41) is 8.85. The predicted molar refractivity (Wildman–Crippen MR) is 47.7 cm³/mol. The fourth-order valence-electron chi connectivity index (χ4n) is 0.698. The molecule has 60 valence electrons. The van der Waals surface area contributed by atoms with Gasteiger partial charge in [-0.2, -0.15) is 0 Å². The zero-order valence-corrected chi connectivity index (χ0v) is 7.26. The normalized spacial score (nSPS) is 12.5. The molecule has 0 fully saturated rings. The summed E-state index contributed by atoms with van der Waals surface area (Å²) in [4.78, 5) is 0. The first kappa shape index (κ1) is 8.51. The molecule has 2 atom stereocenters. The third kappa shape index (κ3) is 3.35. The Balaban J connectivity index is 2.39. The Morgan fingerprint density at radius 3 is 2.55 bits per heavy atom. The highest BCUT2D eigenvalue weighted by Crippen LogP contribution is 2.09. The Bertz CT molecular complexity index is 199. The van der Waals surface area contributed by atoms with E-state index in [9.17, 15) is 0 Å². The van der Waals surface area contributed by atoms with Gasteiger partial charge in [-0.05, 0) is 12.1 Å². The lowest BCUT2D eigenvalue weighted by Gasteiger charge is -2.06. The highest BCUT2D eigenvalue weighted by atomic mass is 31.0. The van der Waals surface area contributed by atoms with Crippen LogP contribution in [0.2, 0.25) is 0 Å². The molecule has 0 aliphatic carbocycles. The molecule has 1 rings (SSSR count). The molecule has 0 saturated heterocycles. The van der Waals surface area contributed by atoms with Crippen molar-refractivity contribution in [1.82, 2.24) is 0 Å². The minimum absolute atomic E-state index is 0.314. The molecule has 2 unspecified atom stereocenters. The van der Waals surface area contributed by atoms with E-state index < -0.39 is 5.85 Å². The number of rotatable bonds is 3. The van der Waals surface area contributed by atoms with Crippen molar-refractivity contribution in [1.29, 1.82) is 0 Å². The molecule has 1 aromatic rings. The Kier molecular flexibility index (Phi) is 3.34. The molecule has 0 heterocycles. The second kappa shape index (κ2) is 4.32.